The lowest BCUT2D eigenvalue weighted by Gasteiger charge is -2.47. The molecule has 5 rings (SSSR count). The Morgan fingerprint density at radius 3 is 1.92 bits per heavy atom. The molecule has 0 bridgehead atoms. The van der Waals surface area contributed by atoms with Gasteiger partial charge in [-0.25, -0.2) is 0 Å². The van der Waals surface area contributed by atoms with Gasteiger partial charge in [0.15, 0.2) is 0 Å². The highest BCUT2D eigenvalue weighted by atomic mass is 16.5. The summed E-state index contributed by atoms with van der Waals surface area (Å²) in [7, 11) is 0. The summed E-state index contributed by atoms with van der Waals surface area (Å²) >= 11 is 0. The predicted octanol–water partition coefficient (Wildman–Crippen LogP) is 12.3. The van der Waals surface area contributed by atoms with Crippen molar-refractivity contribution in [2.75, 3.05) is 0 Å². The molecular weight excluding hydrogens is 633 g/mol. The van der Waals surface area contributed by atoms with Crippen molar-refractivity contribution in [2.24, 2.45) is 11.8 Å². The van der Waals surface area contributed by atoms with Gasteiger partial charge in [-0.05, 0) is 125 Å². The highest BCUT2D eigenvalue weighted by molar-refractivity contribution is 5.54. The molecule has 2 aromatic rings. The van der Waals surface area contributed by atoms with Gasteiger partial charge in [0.1, 0.15) is 28.6 Å². The van der Waals surface area contributed by atoms with E-state index in [0.717, 1.165) is 68.2 Å². The van der Waals surface area contributed by atoms with Gasteiger partial charge in [0.05, 0.1) is 5.60 Å². The Balaban J connectivity index is 0.000000229. The van der Waals surface area contributed by atoms with Crippen molar-refractivity contribution >= 4 is 0 Å². The van der Waals surface area contributed by atoms with Crippen LogP contribution >= 0.6 is 0 Å². The summed E-state index contributed by atoms with van der Waals surface area (Å²) in [4.78, 5) is 0. The molecule has 3 aliphatic rings. The fraction of sp³-hybridized carbons (Fsp3) is 0.609. The van der Waals surface area contributed by atoms with Crippen LogP contribution in [0.4, 0.5) is 0 Å². The van der Waals surface area contributed by atoms with Gasteiger partial charge in [-0.15, -0.1) is 0 Å². The first-order chi connectivity index (χ1) is 23.6. The molecule has 284 valence electrons. The van der Waals surface area contributed by atoms with Crippen molar-refractivity contribution in [2.45, 2.75) is 168 Å². The first-order valence-electron chi connectivity index (χ1n) is 19.4. The molecule has 1 heterocycles. The van der Waals surface area contributed by atoms with Crippen LogP contribution in [-0.4, -0.2) is 31.6 Å². The van der Waals surface area contributed by atoms with Crippen LogP contribution in [0.2, 0.25) is 0 Å². The molecular formula is C46H70O5. The average molecular weight is 703 g/mol. The highest BCUT2D eigenvalue weighted by Gasteiger charge is 2.46. The number of unbranched alkanes of at least 4 members (excludes halogenated alkanes) is 2. The third-order valence-corrected chi connectivity index (χ3v) is 11.6. The van der Waals surface area contributed by atoms with Crippen LogP contribution in [-0.2, 0) is 10.8 Å². The lowest BCUT2D eigenvalue weighted by Crippen LogP contribution is -2.45. The fourth-order valence-electron chi connectivity index (χ4n) is 7.83. The number of fused-ring (bicyclic) bond motifs is 3. The van der Waals surface area contributed by atoms with E-state index in [1.165, 1.54) is 35.6 Å². The zero-order valence-corrected chi connectivity index (χ0v) is 33.8. The number of hydrogen-bond donors (Lipinski definition) is 4. The number of phenolic OH excluding ortho intramolecular Hbond substituents is 3. The lowest BCUT2D eigenvalue weighted by atomic mass is 9.66. The van der Waals surface area contributed by atoms with E-state index in [9.17, 15) is 20.4 Å². The summed E-state index contributed by atoms with van der Waals surface area (Å²) in [5.41, 5.74) is 5.11. The van der Waals surface area contributed by atoms with Crippen molar-refractivity contribution in [1.29, 1.82) is 0 Å². The molecule has 1 aliphatic heterocycles. The summed E-state index contributed by atoms with van der Waals surface area (Å²) in [6.45, 7) is 27.6. The quantitative estimate of drug-likeness (QED) is 0.195. The highest BCUT2D eigenvalue weighted by Crippen LogP contribution is 2.55. The van der Waals surface area contributed by atoms with Crippen molar-refractivity contribution in [3.63, 3.8) is 0 Å². The van der Waals surface area contributed by atoms with Crippen molar-refractivity contribution in [3.05, 3.63) is 83.0 Å². The molecule has 5 nitrogen and oxygen atoms in total. The molecule has 0 aromatic heterocycles. The second kappa shape index (κ2) is 17.1. The Bertz CT molecular complexity index is 1520. The maximum atomic E-state index is 10.9. The third kappa shape index (κ3) is 11.4. The zero-order chi connectivity index (χ0) is 38.4. The molecule has 2 aromatic carbocycles. The topological polar surface area (TPSA) is 90.2 Å². The molecule has 0 spiro atoms. The van der Waals surface area contributed by atoms with E-state index in [0.29, 0.717) is 23.5 Å². The second-order valence-electron chi connectivity index (χ2n) is 17.7. The number of hydrogen-bond acceptors (Lipinski definition) is 5. The van der Waals surface area contributed by atoms with Crippen LogP contribution < -0.4 is 4.74 Å². The van der Waals surface area contributed by atoms with Gasteiger partial charge in [-0.1, -0.05) is 103 Å². The maximum Gasteiger partial charge on any atom is 0.127 e. The van der Waals surface area contributed by atoms with E-state index in [4.69, 9.17) is 4.74 Å². The molecule has 1 unspecified atom stereocenters. The molecule has 5 heteroatoms. The van der Waals surface area contributed by atoms with E-state index in [-0.39, 0.29) is 27.9 Å². The number of aromatic hydroxyl groups is 3. The number of rotatable bonds is 9. The molecule has 0 saturated heterocycles. The summed E-state index contributed by atoms with van der Waals surface area (Å²) < 4.78 is 6.46. The minimum absolute atomic E-state index is 0.00618. The standard InChI is InChI=1S/C23H34O2.C13H20O2.C10H16O/c1-7-8-11-22(3,4)16-13-19(24)21-17-12-15(2)9-10-18(17)23(5,6)25-20(21)14-16;1-4-5-6-13(2,3)10-7-11(14)9-12(15)8-10;1-8(2)9-4-6-10(3,11)7-5-9/h9,13-14,17-18,24H,7-8,10-12H2,1-6H3;7-9,14-15H,4-6H2,1-3H3;4,6,9,11H,1,5,7H2,2-3H3/t17-,18-;;9-,10?/m1.0/s1. The summed E-state index contributed by atoms with van der Waals surface area (Å²) in [5, 5.41) is 39.3. The van der Waals surface area contributed by atoms with Crippen LogP contribution in [0.25, 0.3) is 0 Å². The van der Waals surface area contributed by atoms with Crippen molar-refractivity contribution < 1.29 is 25.2 Å². The molecule has 0 radical (unpaired) electrons. The van der Waals surface area contributed by atoms with E-state index in [2.05, 4.69) is 87.1 Å². The molecule has 2 aliphatic carbocycles. The first-order valence-corrected chi connectivity index (χ1v) is 19.4. The van der Waals surface area contributed by atoms with Gasteiger partial charge in [0.2, 0.25) is 0 Å². The van der Waals surface area contributed by atoms with E-state index in [1.54, 1.807) is 12.1 Å². The van der Waals surface area contributed by atoms with Gasteiger partial charge >= 0.3 is 0 Å². The first kappa shape index (κ1) is 42.2. The average Bonchev–Trinajstić information content (AvgIpc) is 3.02. The third-order valence-electron chi connectivity index (χ3n) is 11.6. The SMILES string of the molecule is C=C(C)[C@H]1C=CC(C)(O)CC1.CCCCC(C)(C)c1cc(O)c2c(c1)OC(C)(C)[C@@H]1CC=C(C)C[C@@H]21.CCCCC(C)(C)c1cc(O)cc(O)c1. The van der Waals surface area contributed by atoms with Crippen LogP contribution in [0.1, 0.15) is 163 Å². The molecule has 0 amide bonds. The zero-order valence-electron chi connectivity index (χ0n) is 33.8. The minimum Gasteiger partial charge on any atom is -0.508 e. The number of benzene rings is 2. The fourth-order valence-corrected chi connectivity index (χ4v) is 7.83. The van der Waals surface area contributed by atoms with Crippen molar-refractivity contribution in [3.8, 4) is 23.0 Å². The maximum absolute atomic E-state index is 10.9. The number of phenols is 3. The lowest BCUT2D eigenvalue weighted by molar-refractivity contribution is 0.00741. The van der Waals surface area contributed by atoms with E-state index >= 15 is 0 Å². The molecule has 0 saturated carbocycles. The largest absolute Gasteiger partial charge is 0.508 e. The van der Waals surface area contributed by atoms with Gasteiger partial charge < -0.3 is 25.2 Å². The molecule has 4 atom stereocenters. The van der Waals surface area contributed by atoms with Gasteiger partial charge in [-0.3, -0.25) is 0 Å². The van der Waals surface area contributed by atoms with Gasteiger partial charge in [0.25, 0.3) is 0 Å². The van der Waals surface area contributed by atoms with Gasteiger partial charge in [-0.2, -0.15) is 0 Å². The Morgan fingerprint density at radius 2 is 1.43 bits per heavy atom. The molecule has 4 N–H and O–H groups in total. The molecule has 51 heavy (non-hydrogen) atoms. The van der Waals surface area contributed by atoms with Crippen LogP contribution in [0.3, 0.4) is 0 Å². The van der Waals surface area contributed by atoms with Gasteiger partial charge in [0, 0.05) is 23.5 Å². The Labute approximate surface area is 310 Å². The summed E-state index contributed by atoms with van der Waals surface area (Å²) in [6.07, 6.45) is 17.1. The minimum atomic E-state index is -0.577. The smallest absolute Gasteiger partial charge is 0.127 e. The second-order valence-corrected chi connectivity index (χ2v) is 17.7. The van der Waals surface area contributed by atoms with E-state index < -0.39 is 5.60 Å². The predicted molar refractivity (Wildman–Crippen MR) is 214 cm³/mol. The summed E-state index contributed by atoms with van der Waals surface area (Å²) in [6, 6.07) is 9.03. The Hall–Kier alpha value is -3.18. The van der Waals surface area contributed by atoms with E-state index in [1.807, 2.05) is 26.0 Å². The Morgan fingerprint density at radius 1 is 0.882 bits per heavy atom. The molecule has 0 fully saturated rings. The number of aliphatic hydroxyl groups is 1. The van der Waals surface area contributed by atoms with Crippen LogP contribution in [0.5, 0.6) is 23.0 Å². The van der Waals surface area contributed by atoms with Crippen LogP contribution in [0.15, 0.2) is 66.3 Å². The Kier molecular flexibility index (Phi) is 14.2. The number of ether oxygens (including phenoxy) is 1. The van der Waals surface area contributed by atoms with Crippen molar-refractivity contribution in [1.82, 2.24) is 0 Å². The summed E-state index contributed by atoms with van der Waals surface area (Å²) in [5.74, 6) is 2.86. The normalized spacial score (nSPS) is 23.6. The number of allylic oxidation sites excluding steroid dienone is 4. The van der Waals surface area contributed by atoms with Crippen LogP contribution in [0, 0.1) is 11.8 Å². The monoisotopic (exact) mass is 703 g/mol.